The van der Waals surface area contributed by atoms with Gasteiger partial charge in [-0.25, -0.2) is 0 Å². The van der Waals surface area contributed by atoms with Gasteiger partial charge in [-0.15, -0.1) is 12.4 Å². The molecular formula is C13H17ClN2O3. The standard InChI is InChI=1S/C13H16N2O3.ClH/c1-7-8(2)18-12-10(7)5-4-6-11(12)17-9(3)13(14)15-16;/h4-6,9,16H,1-3H3,(H2,14,15);1H. The minimum atomic E-state index is -0.522. The normalized spacial score (nSPS) is 13.1. The van der Waals surface area contributed by atoms with Gasteiger partial charge in [0.05, 0.1) is 0 Å². The quantitative estimate of drug-likeness (QED) is 0.393. The molecule has 6 heteroatoms. The van der Waals surface area contributed by atoms with E-state index in [-0.39, 0.29) is 18.2 Å². The highest BCUT2D eigenvalue weighted by Gasteiger charge is 2.15. The average molecular weight is 285 g/mol. The van der Waals surface area contributed by atoms with Crippen LogP contribution in [0.2, 0.25) is 0 Å². The Hall–Kier alpha value is -1.88. The van der Waals surface area contributed by atoms with Crippen LogP contribution in [-0.4, -0.2) is 17.1 Å². The van der Waals surface area contributed by atoms with Crippen LogP contribution in [0.4, 0.5) is 0 Å². The van der Waals surface area contributed by atoms with Gasteiger partial charge < -0.3 is 20.1 Å². The molecule has 104 valence electrons. The number of halogens is 1. The van der Waals surface area contributed by atoms with E-state index in [0.717, 1.165) is 16.7 Å². The van der Waals surface area contributed by atoms with Crippen molar-refractivity contribution in [1.29, 1.82) is 0 Å². The molecule has 5 nitrogen and oxygen atoms in total. The fourth-order valence-electron chi connectivity index (χ4n) is 1.76. The van der Waals surface area contributed by atoms with Gasteiger partial charge in [-0.1, -0.05) is 17.3 Å². The van der Waals surface area contributed by atoms with Gasteiger partial charge in [0.2, 0.25) is 0 Å². The van der Waals surface area contributed by atoms with Gasteiger partial charge >= 0.3 is 0 Å². The predicted octanol–water partition coefficient (Wildman–Crippen LogP) is 2.99. The molecule has 2 aromatic rings. The molecule has 1 aromatic heterocycles. The summed E-state index contributed by atoms with van der Waals surface area (Å²) in [6.07, 6.45) is -0.522. The number of ether oxygens (including phenoxy) is 1. The fraction of sp³-hybridized carbons (Fsp3) is 0.308. The van der Waals surface area contributed by atoms with Crippen molar-refractivity contribution >= 4 is 29.2 Å². The molecule has 0 amide bonds. The van der Waals surface area contributed by atoms with Crippen molar-refractivity contribution in [3.63, 3.8) is 0 Å². The van der Waals surface area contributed by atoms with Crippen LogP contribution in [0, 0.1) is 13.8 Å². The number of oxime groups is 1. The van der Waals surface area contributed by atoms with Crippen molar-refractivity contribution in [3.05, 3.63) is 29.5 Å². The van der Waals surface area contributed by atoms with Gasteiger partial charge in [-0.3, -0.25) is 0 Å². The summed E-state index contributed by atoms with van der Waals surface area (Å²) in [5, 5.41) is 12.5. The van der Waals surface area contributed by atoms with Crippen LogP contribution in [0.1, 0.15) is 18.2 Å². The van der Waals surface area contributed by atoms with Crippen LogP contribution in [0.3, 0.4) is 0 Å². The summed E-state index contributed by atoms with van der Waals surface area (Å²) in [5.41, 5.74) is 7.26. The van der Waals surface area contributed by atoms with Gasteiger partial charge in [0.1, 0.15) is 5.76 Å². The Balaban J connectivity index is 0.00000180. The first-order chi connectivity index (χ1) is 8.54. The molecule has 0 aliphatic carbocycles. The van der Waals surface area contributed by atoms with Gasteiger partial charge in [-0.2, -0.15) is 0 Å². The van der Waals surface area contributed by atoms with Crippen molar-refractivity contribution in [1.82, 2.24) is 0 Å². The minimum absolute atomic E-state index is 0. The number of nitrogens with zero attached hydrogens (tertiary/aromatic N) is 1. The molecule has 0 radical (unpaired) electrons. The lowest BCUT2D eigenvalue weighted by Gasteiger charge is -2.13. The van der Waals surface area contributed by atoms with E-state index in [2.05, 4.69) is 5.16 Å². The first kappa shape index (κ1) is 15.2. The molecule has 0 spiro atoms. The molecular weight excluding hydrogens is 268 g/mol. The molecule has 19 heavy (non-hydrogen) atoms. The highest BCUT2D eigenvalue weighted by atomic mass is 35.5. The number of hydrogen-bond acceptors (Lipinski definition) is 4. The zero-order valence-corrected chi connectivity index (χ0v) is 11.8. The first-order valence-corrected chi connectivity index (χ1v) is 5.67. The van der Waals surface area contributed by atoms with Gasteiger partial charge in [0, 0.05) is 5.39 Å². The van der Waals surface area contributed by atoms with E-state index in [4.69, 9.17) is 20.1 Å². The van der Waals surface area contributed by atoms with Gasteiger partial charge in [0.25, 0.3) is 0 Å². The van der Waals surface area contributed by atoms with E-state index in [1.807, 2.05) is 26.0 Å². The number of furan rings is 1. The van der Waals surface area contributed by atoms with Crippen LogP contribution in [0.5, 0.6) is 5.75 Å². The molecule has 1 aromatic carbocycles. The summed E-state index contributed by atoms with van der Waals surface area (Å²) in [5.74, 6) is 1.47. The van der Waals surface area contributed by atoms with Crippen molar-refractivity contribution in [2.24, 2.45) is 10.9 Å². The van der Waals surface area contributed by atoms with Crippen LogP contribution in [-0.2, 0) is 0 Å². The third kappa shape index (κ3) is 2.76. The average Bonchev–Trinajstić information content (AvgIpc) is 2.66. The number of nitrogens with two attached hydrogens (primary N) is 1. The number of aryl methyl sites for hydroxylation is 2. The minimum Gasteiger partial charge on any atom is -0.479 e. The Morgan fingerprint density at radius 1 is 1.42 bits per heavy atom. The Kier molecular flexibility index (Phi) is 4.67. The maximum absolute atomic E-state index is 8.60. The molecule has 3 N–H and O–H groups in total. The van der Waals surface area contributed by atoms with Crippen molar-refractivity contribution < 1.29 is 14.4 Å². The molecule has 1 unspecified atom stereocenters. The van der Waals surface area contributed by atoms with E-state index in [1.165, 1.54) is 0 Å². The summed E-state index contributed by atoms with van der Waals surface area (Å²) in [6, 6.07) is 5.66. The predicted molar refractivity (Wildman–Crippen MR) is 76.4 cm³/mol. The Morgan fingerprint density at radius 2 is 2.11 bits per heavy atom. The van der Waals surface area contributed by atoms with Crippen LogP contribution in [0.25, 0.3) is 11.0 Å². The number of hydrogen-bond donors (Lipinski definition) is 2. The Bertz CT molecular complexity index is 607. The largest absolute Gasteiger partial charge is 0.479 e. The maximum Gasteiger partial charge on any atom is 0.180 e. The second-order valence-electron chi connectivity index (χ2n) is 4.20. The Labute approximate surface area is 117 Å². The summed E-state index contributed by atoms with van der Waals surface area (Å²) in [6.45, 7) is 5.61. The molecule has 0 bridgehead atoms. The van der Waals surface area contributed by atoms with Crippen LogP contribution < -0.4 is 10.5 Å². The van der Waals surface area contributed by atoms with Crippen molar-refractivity contribution in [2.75, 3.05) is 0 Å². The van der Waals surface area contributed by atoms with Gasteiger partial charge in [-0.05, 0) is 32.4 Å². The zero-order chi connectivity index (χ0) is 13.3. The van der Waals surface area contributed by atoms with Gasteiger partial charge in [0.15, 0.2) is 23.3 Å². The number of rotatable bonds is 3. The van der Waals surface area contributed by atoms with E-state index in [9.17, 15) is 0 Å². The molecule has 1 heterocycles. The molecule has 0 fully saturated rings. The van der Waals surface area contributed by atoms with Crippen molar-refractivity contribution in [3.8, 4) is 5.75 Å². The molecule has 0 saturated heterocycles. The van der Waals surface area contributed by atoms with E-state index in [0.29, 0.717) is 11.3 Å². The summed E-state index contributed by atoms with van der Waals surface area (Å²) < 4.78 is 11.3. The van der Waals surface area contributed by atoms with E-state index < -0.39 is 6.10 Å². The second-order valence-corrected chi connectivity index (χ2v) is 4.20. The summed E-state index contributed by atoms with van der Waals surface area (Å²) >= 11 is 0. The molecule has 0 aliphatic heterocycles. The second kappa shape index (κ2) is 5.84. The SMILES string of the molecule is Cc1oc2c(OC(C)C(N)=NO)cccc2c1C.Cl. The van der Waals surface area contributed by atoms with E-state index in [1.54, 1.807) is 13.0 Å². The smallest absolute Gasteiger partial charge is 0.180 e. The molecule has 0 saturated carbocycles. The number of fused-ring (bicyclic) bond motifs is 1. The fourth-order valence-corrected chi connectivity index (χ4v) is 1.76. The highest BCUT2D eigenvalue weighted by molar-refractivity contribution is 5.88. The topological polar surface area (TPSA) is 81.0 Å². The monoisotopic (exact) mass is 284 g/mol. The first-order valence-electron chi connectivity index (χ1n) is 5.67. The summed E-state index contributed by atoms with van der Waals surface area (Å²) in [7, 11) is 0. The van der Waals surface area contributed by atoms with Crippen molar-refractivity contribution in [2.45, 2.75) is 26.9 Å². The zero-order valence-electron chi connectivity index (χ0n) is 11.0. The van der Waals surface area contributed by atoms with Crippen LogP contribution >= 0.6 is 12.4 Å². The highest BCUT2D eigenvalue weighted by Crippen LogP contribution is 2.32. The van der Waals surface area contributed by atoms with Crippen LogP contribution in [0.15, 0.2) is 27.8 Å². The summed E-state index contributed by atoms with van der Waals surface area (Å²) in [4.78, 5) is 0. The number of amidine groups is 1. The molecule has 2 rings (SSSR count). The third-order valence-electron chi connectivity index (χ3n) is 3.00. The lowest BCUT2D eigenvalue weighted by atomic mass is 10.1. The third-order valence-corrected chi connectivity index (χ3v) is 3.00. The number of benzene rings is 1. The Morgan fingerprint density at radius 3 is 2.74 bits per heavy atom. The lowest BCUT2D eigenvalue weighted by molar-refractivity contribution is 0.265. The van der Waals surface area contributed by atoms with E-state index >= 15 is 0 Å². The molecule has 1 atom stereocenters. The number of para-hydroxylation sites is 1. The molecule has 0 aliphatic rings. The maximum atomic E-state index is 8.60. The lowest BCUT2D eigenvalue weighted by Crippen LogP contribution is -2.31.